The van der Waals surface area contributed by atoms with E-state index in [9.17, 15) is 9.59 Å². The number of alkyl halides is 1. The van der Waals surface area contributed by atoms with Gasteiger partial charge in [-0.1, -0.05) is 0 Å². The number of hydrogen-bond acceptors (Lipinski definition) is 4. The number of rotatable bonds is 7. The van der Waals surface area contributed by atoms with Crippen LogP contribution in [0.1, 0.15) is 26.7 Å². The third-order valence-electron chi connectivity index (χ3n) is 1.95. The number of nitrogens with one attached hydrogen (secondary N) is 1. The van der Waals surface area contributed by atoms with Crippen molar-refractivity contribution in [2.24, 2.45) is 0 Å². The molecule has 90 valence electrons. The second-order valence-corrected chi connectivity index (χ2v) is 4.91. The van der Waals surface area contributed by atoms with E-state index < -0.39 is 5.54 Å². The molecule has 0 rings (SSSR count). The van der Waals surface area contributed by atoms with Gasteiger partial charge in [-0.15, -0.1) is 11.6 Å². The highest BCUT2D eigenvalue weighted by Gasteiger charge is 2.28. The normalized spacial score (nSPS) is 10.6. The van der Waals surface area contributed by atoms with Crippen molar-refractivity contribution in [2.75, 3.05) is 11.6 Å². The van der Waals surface area contributed by atoms with Gasteiger partial charge in [-0.25, -0.2) is 0 Å². The van der Waals surface area contributed by atoms with Crippen molar-refractivity contribution < 1.29 is 9.59 Å². The van der Waals surface area contributed by atoms with Gasteiger partial charge in [0.1, 0.15) is 5.40 Å². The lowest BCUT2D eigenvalue weighted by Gasteiger charge is -2.24. The van der Waals surface area contributed by atoms with Gasteiger partial charge >= 0.3 is 0 Å². The van der Waals surface area contributed by atoms with Crippen molar-refractivity contribution in [1.82, 2.24) is 5.32 Å². The van der Waals surface area contributed by atoms with E-state index in [0.29, 0.717) is 18.7 Å². The van der Waals surface area contributed by atoms with Gasteiger partial charge in [-0.05, 0) is 32.0 Å². The summed E-state index contributed by atoms with van der Waals surface area (Å²) in [5.41, 5.74) is -0.923. The van der Waals surface area contributed by atoms with E-state index in [1.807, 2.05) is 5.40 Å². The molecule has 0 aromatic carbocycles. The molecule has 16 heavy (non-hydrogen) atoms. The standard InChI is InChI=1S/C10H15ClN2O2S/c1-10(2,8(14)6-16-7-12)13-9(15)4-3-5-11/h3-6H2,1-2H3,(H,13,15). The summed E-state index contributed by atoms with van der Waals surface area (Å²) in [5, 5.41) is 12.8. The molecule has 1 N–H and O–H groups in total. The van der Waals surface area contributed by atoms with E-state index in [1.54, 1.807) is 13.8 Å². The maximum atomic E-state index is 11.6. The van der Waals surface area contributed by atoms with Crippen LogP contribution in [0.2, 0.25) is 0 Å². The van der Waals surface area contributed by atoms with Crippen LogP contribution >= 0.6 is 23.4 Å². The van der Waals surface area contributed by atoms with Crippen molar-refractivity contribution in [2.45, 2.75) is 32.2 Å². The fourth-order valence-corrected chi connectivity index (χ4v) is 1.68. The average Bonchev–Trinajstić information content (AvgIpc) is 2.22. The molecule has 0 aliphatic carbocycles. The molecule has 0 unspecified atom stereocenters. The molecular formula is C10H15ClN2O2S. The Bertz CT molecular complexity index is 300. The van der Waals surface area contributed by atoms with Crippen molar-refractivity contribution in [3.63, 3.8) is 0 Å². The van der Waals surface area contributed by atoms with Crippen LogP contribution in [-0.2, 0) is 9.59 Å². The summed E-state index contributed by atoms with van der Waals surface area (Å²) in [6, 6.07) is 0. The minimum atomic E-state index is -0.923. The van der Waals surface area contributed by atoms with Crippen LogP contribution in [0.3, 0.4) is 0 Å². The van der Waals surface area contributed by atoms with Gasteiger partial charge in [-0.2, -0.15) is 5.26 Å². The number of carbonyl (C=O) groups excluding carboxylic acids is 2. The van der Waals surface area contributed by atoms with Crippen molar-refractivity contribution in [1.29, 1.82) is 5.26 Å². The van der Waals surface area contributed by atoms with Crippen molar-refractivity contribution >= 4 is 35.1 Å². The molecule has 4 nitrogen and oxygen atoms in total. The summed E-state index contributed by atoms with van der Waals surface area (Å²) in [6.07, 6.45) is 0.899. The minimum Gasteiger partial charge on any atom is -0.344 e. The number of thioether (sulfide) groups is 1. The maximum Gasteiger partial charge on any atom is 0.220 e. The van der Waals surface area contributed by atoms with Gasteiger partial charge in [0.25, 0.3) is 0 Å². The molecule has 0 aliphatic rings. The van der Waals surface area contributed by atoms with Crippen LogP contribution < -0.4 is 5.32 Å². The van der Waals surface area contributed by atoms with Gasteiger partial charge in [0.15, 0.2) is 5.78 Å². The number of hydrogen-bond donors (Lipinski definition) is 1. The molecule has 0 saturated carbocycles. The van der Waals surface area contributed by atoms with Gasteiger partial charge in [0.2, 0.25) is 5.91 Å². The molecular weight excluding hydrogens is 248 g/mol. The Morgan fingerprint density at radius 3 is 2.62 bits per heavy atom. The fraction of sp³-hybridized carbons (Fsp3) is 0.700. The number of thiocyanates is 1. The summed E-state index contributed by atoms with van der Waals surface area (Å²) >= 11 is 6.33. The Labute approximate surface area is 105 Å². The third-order valence-corrected chi connectivity index (χ3v) is 2.76. The summed E-state index contributed by atoms with van der Waals surface area (Å²) in [5.74, 6) is 0.143. The highest BCUT2D eigenvalue weighted by atomic mass is 35.5. The molecule has 0 aliphatic heterocycles. The van der Waals surface area contributed by atoms with E-state index in [2.05, 4.69) is 5.32 Å². The molecule has 0 spiro atoms. The number of amides is 1. The number of Topliss-reactive ketones (excluding diaryl/α,β-unsaturated/α-hetero) is 1. The fourth-order valence-electron chi connectivity index (χ4n) is 0.986. The maximum absolute atomic E-state index is 11.6. The Morgan fingerprint density at radius 1 is 1.50 bits per heavy atom. The van der Waals surface area contributed by atoms with Crippen LogP contribution in [0.4, 0.5) is 0 Å². The van der Waals surface area contributed by atoms with Crippen LogP contribution in [0.15, 0.2) is 0 Å². The first kappa shape index (κ1) is 15.3. The number of ketones is 1. The molecule has 0 bridgehead atoms. The first-order valence-electron chi connectivity index (χ1n) is 4.85. The van der Waals surface area contributed by atoms with Gasteiger partial charge < -0.3 is 5.32 Å². The van der Waals surface area contributed by atoms with E-state index in [4.69, 9.17) is 16.9 Å². The van der Waals surface area contributed by atoms with Crippen LogP contribution in [0.5, 0.6) is 0 Å². The first-order valence-corrected chi connectivity index (χ1v) is 6.37. The smallest absolute Gasteiger partial charge is 0.220 e. The lowest BCUT2D eigenvalue weighted by molar-refractivity contribution is -0.129. The largest absolute Gasteiger partial charge is 0.344 e. The molecule has 1 amide bonds. The van der Waals surface area contributed by atoms with Gasteiger partial charge in [-0.3, -0.25) is 9.59 Å². The summed E-state index contributed by atoms with van der Waals surface area (Å²) in [4.78, 5) is 23.0. The predicted octanol–water partition coefficient (Wildman–Crippen LogP) is 1.68. The average molecular weight is 263 g/mol. The Balaban J connectivity index is 4.17. The molecule has 0 atom stereocenters. The SMILES string of the molecule is CC(C)(NC(=O)CCCCl)C(=O)CSC#N. The van der Waals surface area contributed by atoms with Crippen molar-refractivity contribution in [3.05, 3.63) is 0 Å². The lowest BCUT2D eigenvalue weighted by Crippen LogP contribution is -2.50. The molecule has 0 fully saturated rings. The molecule has 0 radical (unpaired) electrons. The number of halogens is 1. The van der Waals surface area contributed by atoms with E-state index in [0.717, 1.165) is 11.8 Å². The van der Waals surface area contributed by atoms with E-state index >= 15 is 0 Å². The second kappa shape index (κ2) is 7.53. The van der Waals surface area contributed by atoms with Crippen LogP contribution in [-0.4, -0.2) is 28.9 Å². The molecule has 0 aromatic heterocycles. The molecule has 6 heteroatoms. The van der Waals surface area contributed by atoms with E-state index in [1.165, 1.54) is 0 Å². The Hall–Kier alpha value is -0.730. The monoisotopic (exact) mass is 262 g/mol. The molecule has 0 aromatic rings. The van der Waals surface area contributed by atoms with Crippen LogP contribution in [0, 0.1) is 10.7 Å². The highest BCUT2D eigenvalue weighted by molar-refractivity contribution is 8.04. The Morgan fingerprint density at radius 2 is 2.12 bits per heavy atom. The predicted molar refractivity (Wildman–Crippen MR) is 65.3 cm³/mol. The molecule has 0 heterocycles. The topological polar surface area (TPSA) is 70.0 Å². The van der Waals surface area contributed by atoms with E-state index in [-0.39, 0.29) is 17.4 Å². The van der Waals surface area contributed by atoms with Crippen molar-refractivity contribution in [3.8, 4) is 5.40 Å². The Kier molecular flexibility index (Phi) is 7.18. The van der Waals surface area contributed by atoms with Gasteiger partial charge in [0, 0.05) is 12.3 Å². The summed E-state index contributed by atoms with van der Waals surface area (Å²) in [6.45, 7) is 3.26. The van der Waals surface area contributed by atoms with Crippen LogP contribution in [0.25, 0.3) is 0 Å². The zero-order chi connectivity index (χ0) is 12.6. The summed E-state index contributed by atoms with van der Waals surface area (Å²) < 4.78 is 0. The lowest BCUT2D eigenvalue weighted by atomic mass is 10.00. The second-order valence-electron chi connectivity index (χ2n) is 3.77. The number of carbonyl (C=O) groups is 2. The third kappa shape index (κ3) is 5.99. The molecule has 0 saturated heterocycles. The zero-order valence-electron chi connectivity index (χ0n) is 9.38. The highest BCUT2D eigenvalue weighted by Crippen LogP contribution is 2.09. The summed E-state index contributed by atoms with van der Waals surface area (Å²) in [7, 11) is 0. The number of nitriles is 1. The quantitative estimate of drug-likeness (QED) is 0.560. The number of nitrogens with zero attached hydrogens (tertiary/aromatic N) is 1. The van der Waals surface area contributed by atoms with Gasteiger partial charge in [0.05, 0.1) is 11.3 Å². The minimum absolute atomic E-state index is 0.0826. The zero-order valence-corrected chi connectivity index (χ0v) is 11.0. The first-order chi connectivity index (χ1) is 7.44.